The maximum absolute atomic E-state index is 14.3. The van der Waals surface area contributed by atoms with E-state index in [0.29, 0.717) is 40.7 Å². The van der Waals surface area contributed by atoms with Crippen LogP contribution in [-0.4, -0.2) is 84.4 Å². The lowest BCUT2D eigenvalue weighted by Crippen LogP contribution is -2.45. The number of para-hydroxylation sites is 1. The van der Waals surface area contributed by atoms with Crippen LogP contribution in [0.15, 0.2) is 59.7 Å². The molecule has 1 aliphatic carbocycles. The SMILES string of the molecule is CN(C[C@H]1CC[C@H](n2cc3cc(NC(=O)c4ncccc4F)c(C(C)(C)O)cc3n2)CC1)C1CCN(c2cccc3c2n(C)c(=O)n3C2CCC(=O)NC2=O)CC1. The number of imidazole rings is 1. The largest absolute Gasteiger partial charge is 0.386 e. The van der Waals surface area contributed by atoms with E-state index in [-0.39, 0.29) is 29.8 Å². The molecule has 2 aromatic carbocycles. The first-order valence-electron chi connectivity index (χ1n) is 19.9. The third-order valence-electron chi connectivity index (χ3n) is 12.3. The molecule has 8 rings (SSSR count). The van der Waals surface area contributed by atoms with E-state index in [0.717, 1.165) is 74.7 Å². The van der Waals surface area contributed by atoms with Crippen LogP contribution >= 0.6 is 0 Å². The lowest BCUT2D eigenvalue weighted by Gasteiger charge is -2.40. The van der Waals surface area contributed by atoms with Crippen LogP contribution in [-0.2, 0) is 22.2 Å². The molecular weight excluding hydrogens is 730 g/mol. The van der Waals surface area contributed by atoms with E-state index in [2.05, 4.69) is 38.5 Å². The fourth-order valence-electron chi connectivity index (χ4n) is 9.22. The molecule has 0 spiro atoms. The molecule has 15 heteroatoms. The van der Waals surface area contributed by atoms with Gasteiger partial charge in [0.25, 0.3) is 5.91 Å². The molecule has 300 valence electrons. The predicted octanol–water partition coefficient (Wildman–Crippen LogP) is 5.01. The number of nitrogens with zero attached hydrogens (tertiary/aromatic N) is 7. The first-order chi connectivity index (χ1) is 27.3. The highest BCUT2D eigenvalue weighted by molar-refractivity contribution is 6.05. The number of piperidine rings is 2. The molecule has 5 aromatic rings. The Kier molecular flexibility index (Phi) is 10.2. The second-order valence-corrected chi connectivity index (χ2v) is 16.6. The number of anilines is 2. The second-order valence-electron chi connectivity index (χ2n) is 16.6. The Balaban J connectivity index is 0.885. The maximum atomic E-state index is 14.3. The van der Waals surface area contributed by atoms with Crippen molar-refractivity contribution in [3.63, 3.8) is 0 Å². The summed E-state index contributed by atoms with van der Waals surface area (Å²) in [5, 5.41) is 21.9. The minimum Gasteiger partial charge on any atom is -0.386 e. The summed E-state index contributed by atoms with van der Waals surface area (Å²) < 4.78 is 19.5. The number of fused-ring (bicyclic) bond motifs is 2. The quantitative estimate of drug-likeness (QED) is 0.175. The van der Waals surface area contributed by atoms with Crippen LogP contribution < -0.4 is 21.2 Å². The van der Waals surface area contributed by atoms with Crippen LogP contribution in [0.4, 0.5) is 15.8 Å². The number of pyridine rings is 1. The van der Waals surface area contributed by atoms with E-state index in [4.69, 9.17) is 5.10 Å². The summed E-state index contributed by atoms with van der Waals surface area (Å²) >= 11 is 0. The van der Waals surface area contributed by atoms with Gasteiger partial charge in [0.1, 0.15) is 6.04 Å². The van der Waals surface area contributed by atoms with Crippen LogP contribution in [0.1, 0.15) is 93.3 Å². The van der Waals surface area contributed by atoms with Crippen LogP contribution in [0.5, 0.6) is 0 Å². The normalized spacial score (nSPS) is 21.1. The third-order valence-corrected chi connectivity index (χ3v) is 12.3. The number of aryl methyl sites for hydroxylation is 1. The number of aliphatic hydroxyl groups is 1. The summed E-state index contributed by atoms with van der Waals surface area (Å²) in [5.74, 6) is -1.58. The fourth-order valence-corrected chi connectivity index (χ4v) is 9.22. The molecule has 1 unspecified atom stereocenters. The molecule has 5 heterocycles. The average molecular weight is 780 g/mol. The molecule has 1 atom stereocenters. The average Bonchev–Trinajstić information content (AvgIpc) is 3.72. The van der Waals surface area contributed by atoms with Gasteiger partial charge in [-0.25, -0.2) is 14.2 Å². The molecule has 3 aromatic heterocycles. The smallest absolute Gasteiger partial charge is 0.329 e. The number of nitrogens with one attached hydrogen (secondary N) is 2. The lowest BCUT2D eigenvalue weighted by atomic mass is 9.85. The standard InChI is InChI=1S/C42H50FN9O5/c1-42(2,57)29-22-31-26(21-32(29)45-40(55)37-30(43)7-6-18-44-37)24-51(47-31)28-12-10-25(11-13-28)23-48(3)27-16-19-50(20-17-27)33-8-5-9-34-38(33)49(4)41(56)52(34)35-14-15-36(53)46-39(35)54/h5-9,18,21-22,24-25,27-28,35,57H,10-17,19-20,23H2,1-4H3,(H,45,55)(H,46,53,54)/t25-,28-,35?. The molecule has 57 heavy (non-hydrogen) atoms. The van der Waals surface area contributed by atoms with Gasteiger partial charge in [0.05, 0.1) is 33.9 Å². The lowest BCUT2D eigenvalue weighted by molar-refractivity contribution is -0.135. The van der Waals surface area contributed by atoms with Gasteiger partial charge in [-0.15, -0.1) is 0 Å². The molecule has 0 radical (unpaired) electrons. The van der Waals surface area contributed by atoms with Crippen LogP contribution in [0.25, 0.3) is 21.9 Å². The van der Waals surface area contributed by atoms with Crippen molar-refractivity contribution in [2.45, 2.75) is 88.9 Å². The van der Waals surface area contributed by atoms with Crippen LogP contribution in [0.3, 0.4) is 0 Å². The summed E-state index contributed by atoms with van der Waals surface area (Å²) in [6, 6.07) is 12.0. The maximum Gasteiger partial charge on any atom is 0.329 e. The number of hydrogen-bond acceptors (Lipinski definition) is 9. The minimum atomic E-state index is -1.29. The number of hydrogen-bond donors (Lipinski definition) is 3. The van der Waals surface area contributed by atoms with Gasteiger partial charge in [0.2, 0.25) is 11.8 Å². The van der Waals surface area contributed by atoms with E-state index >= 15 is 0 Å². The summed E-state index contributed by atoms with van der Waals surface area (Å²) in [4.78, 5) is 59.7. The summed E-state index contributed by atoms with van der Waals surface area (Å²) in [5.41, 5.74) is 2.22. The van der Waals surface area contributed by atoms with Crippen molar-refractivity contribution in [1.82, 2.24) is 34.1 Å². The predicted molar refractivity (Wildman–Crippen MR) is 215 cm³/mol. The molecule has 3 fully saturated rings. The zero-order valence-corrected chi connectivity index (χ0v) is 32.9. The van der Waals surface area contributed by atoms with Crippen molar-refractivity contribution in [1.29, 1.82) is 0 Å². The zero-order valence-electron chi connectivity index (χ0n) is 32.9. The molecule has 14 nitrogen and oxygen atoms in total. The van der Waals surface area contributed by atoms with E-state index < -0.39 is 29.3 Å². The monoisotopic (exact) mass is 779 g/mol. The van der Waals surface area contributed by atoms with Gasteiger partial charge in [-0.1, -0.05) is 6.07 Å². The highest BCUT2D eigenvalue weighted by Crippen LogP contribution is 2.37. The van der Waals surface area contributed by atoms with Crippen molar-refractivity contribution < 1.29 is 23.9 Å². The second kappa shape index (κ2) is 15.2. The molecule has 3 amide bonds. The number of imide groups is 1. The van der Waals surface area contributed by atoms with Crippen molar-refractivity contribution >= 4 is 51.0 Å². The van der Waals surface area contributed by atoms with Crippen molar-refractivity contribution in [3.05, 3.63) is 82.4 Å². The van der Waals surface area contributed by atoms with E-state index in [1.807, 2.05) is 23.0 Å². The Hall–Kier alpha value is -5.41. The number of amides is 3. The van der Waals surface area contributed by atoms with Gasteiger partial charge in [0.15, 0.2) is 11.5 Å². The number of carbonyl (C=O) groups is 3. The molecule has 0 bridgehead atoms. The van der Waals surface area contributed by atoms with Gasteiger partial charge in [0, 0.05) is 68.2 Å². The molecule has 1 saturated carbocycles. The molecular formula is C42H50FN9O5. The first kappa shape index (κ1) is 38.5. The van der Waals surface area contributed by atoms with E-state index in [9.17, 15) is 28.7 Å². The van der Waals surface area contributed by atoms with Crippen LogP contribution in [0.2, 0.25) is 0 Å². The molecule has 2 aliphatic heterocycles. The van der Waals surface area contributed by atoms with Gasteiger partial charge in [-0.2, -0.15) is 5.10 Å². The summed E-state index contributed by atoms with van der Waals surface area (Å²) in [7, 11) is 3.98. The zero-order chi connectivity index (χ0) is 40.2. The van der Waals surface area contributed by atoms with Gasteiger partial charge >= 0.3 is 5.69 Å². The summed E-state index contributed by atoms with van der Waals surface area (Å²) in [6.07, 6.45) is 10.0. The van der Waals surface area contributed by atoms with Crippen molar-refractivity contribution in [2.75, 3.05) is 36.9 Å². The van der Waals surface area contributed by atoms with Crippen molar-refractivity contribution in [3.8, 4) is 0 Å². The number of benzene rings is 2. The van der Waals surface area contributed by atoms with Gasteiger partial charge < -0.3 is 20.2 Å². The fraction of sp³-hybridized carbons (Fsp3) is 0.476. The first-order valence-corrected chi connectivity index (χ1v) is 19.9. The highest BCUT2D eigenvalue weighted by Gasteiger charge is 2.34. The van der Waals surface area contributed by atoms with Crippen LogP contribution in [0, 0.1) is 11.7 Å². The number of halogens is 1. The molecule has 2 saturated heterocycles. The van der Waals surface area contributed by atoms with Gasteiger partial charge in [-0.3, -0.25) is 33.5 Å². The number of carbonyl (C=O) groups excluding carboxylic acids is 3. The third kappa shape index (κ3) is 7.45. The van der Waals surface area contributed by atoms with Gasteiger partial charge in [-0.05, 0) is 108 Å². The Bertz CT molecular complexity index is 2410. The number of aromatic nitrogens is 5. The Morgan fingerprint density at radius 2 is 1.79 bits per heavy atom. The Morgan fingerprint density at radius 1 is 1.04 bits per heavy atom. The molecule has 3 N–H and O–H groups in total. The minimum absolute atomic E-state index is 0.207. The van der Waals surface area contributed by atoms with Crippen molar-refractivity contribution in [2.24, 2.45) is 13.0 Å². The van der Waals surface area contributed by atoms with E-state index in [1.54, 1.807) is 42.2 Å². The number of rotatable bonds is 9. The Morgan fingerprint density at radius 3 is 2.49 bits per heavy atom. The molecule has 3 aliphatic rings. The topological polar surface area (TPSA) is 160 Å². The highest BCUT2D eigenvalue weighted by atomic mass is 19.1. The van der Waals surface area contributed by atoms with E-state index in [1.165, 1.54) is 18.3 Å². The summed E-state index contributed by atoms with van der Waals surface area (Å²) in [6.45, 7) is 6.01. The Labute approximate surface area is 329 Å².